The molecule has 3 rings (SSSR count). The van der Waals surface area contributed by atoms with Gasteiger partial charge in [0.05, 0.1) is 0 Å². The van der Waals surface area contributed by atoms with E-state index in [9.17, 15) is 0 Å². The lowest BCUT2D eigenvalue weighted by molar-refractivity contribution is 0.219. The number of benzene rings is 1. The molecule has 1 aromatic heterocycles. The van der Waals surface area contributed by atoms with Crippen molar-refractivity contribution in [1.82, 2.24) is 14.9 Å². The van der Waals surface area contributed by atoms with Crippen LogP contribution in [-0.2, 0) is 0 Å². The van der Waals surface area contributed by atoms with Gasteiger partial charge in [-0.2, -0.15) is 0 Å². The number of hydrogen-bond donors (Lipinski definition) is 1. The first kappa shape index (κ1) is 15.6. The lowest BCUT2D eigenvalue weighted by Crippen LogP contribution is -2.52. The lowest BCUT2D eigenvalue weighted by Gasteiger charge is -2.37. The first-order chi connectivity index (χ1) is 11.4. The molecule has 2 heterocycles. The third-order valence-electron chi connectivity index (χ3n) is 4.17. The number of rotatable bonds is 5. The minimum atomic E-state index is 0.272. The van der Waals surface area contributed by atoms with Gasteiger partial charge in [-0.05, 0) is 11.6 Å². The molecule has 0 radical (unpaired) electrons. The number of aromatic nitrogens is 2. The van der Waals surface area contributed by atoms with E-state index in [0.29, 0.717) is 6.54 Å². The first-order valence-corrected chi connectivity index (χ1v) is 8.06. The molecule has 2 aromatic rings. The molecule has 1 atom stereocenters. The highest BCUT2D eigenvalue weighted by molar-refractivity contribution is 5.49. The number of nitrogens with zero attached hydrogens (tertiary/aromatic N) is 4. The molecule has 1 aliphatic rings. The smallest absolute Gasteiger partial charge is 0.225 e. The fourth-order valence-corrected chi connectivity index (χ4v) is 2.84. The SMILES string of the molecule is NCC(/C=C\c1ccccc1)N1CCN(c2ncccn2)CC1. The van der Waals surface area contributed by atoms with E-state index in [4.69, 9.17) is 5.73 Å². The summed E-state index contributed by atoms with van der Waals surface area (Å²) >= 11 is 0. The third-order valence-corrected chi connectivity index (χ3v) is 4.17. The maximum absolute atomic E-state index is 5.98. The van der Waals surface area contributed by atoms with Gasteiger partial charge in [-0.25, -0.2) is 9.97 Å². The molecule has 1 fully saturated rings. The number of anilines is 1. The maximum Gasteiger partial charge on any atom is 0.225 e. The summed E-state index contributed by atoms with van der Waals surface area (Å²) in [5.74, 6) is 0.816. The summed E-state index contributed by atoms with van der Waals surface area (Å²) in [5, 5.41) is 0. The summed E-state index contributed by atoms with van der Waals surface area (Å²) in [6, 6.07) is 12.5. The van der Waals surface area contributed by atoms with Gasteiger partial charge < -0.3 is 10.6 Å². The number of nitrogens with two attached hydrogens (primary N) is 1. The van der Waals surface area contributed by atoms with Gasteiger partial charge >= 0.3 is 0 Å². The molecule has 1 saturated heterocycles. The van der Waals surface area contributed by atoms with Crippen molar-refractivity contribution in [2.45, 2.75) is 6.04 Å². The van der Waals surface area contributed by atoms with Crippen LogP contribution in [0.3, 0.4) is 0 Å². The summed E-state index contributed by atoms with van der Waals surface area (Å²) in [5.41, 5.74) is 7.19. The molecule has 5 nitrogen and oxygen atoms in total. The van der Waals surface area contributed by atoms with E-state index in [1.54, 1.807) is 12.4 Å². The molecule has 0 saturated carbocycles. The van der Waals surface area contributed by atoms with E-state index in [0.717, 1.165) is 32.1 Å². The lowest BCUT2D eigenvalue weighted by atomic mass is 10.1. The van der Waals surface area contributed by atoms with Gasteiger partial charge in [0, 0.05) is 51.2 Å². The van der Waals surface area contributed by atoms with Crippen molar-refractivity contribution in [3.8, 4) is 0 Å². The van der Waals surface area contributed by atoms with Crippen molar-refractivity contribution in [2.24, 2.45) is 5.73 Å². The molecule has 0 spiro atoms. The zero-order chi connectivity index (χ0) is 15.9. The predicted octanol–water partition coefficient (Wildman–Crippen LogP) is 1.64. The average molecular weight is 309 g/mol. The third kappa shape index (κ3) is 4.15. The second kappa shape index (κ2) is 7.85. The zero-order valence-corrected chi connectivity index (χ0v) is 13.3. The Hall–Kier alpha value is -2.24. The van der Waals surface area contributed by atoms with Gasteiger partial charge in [-0.1, -0.05) is 42.5 Å². The fourth-order valence-electron chi connectivity index (χ4n) is 2.84. The standard InChI is InChI=1S/C18H23N5/c19-15-17(8-7-16-5-2-1-3-6-16)22-11-13-23(14-12-22)18-20-9-4-10-21-18/h1-10,17H,11-15,19H2/b8-7-. The van der Waals surface area contributed by atoms with Crippen LogP contribution in [0, 0.1) is 0 Å². The molecule has 2 N–H and O–H groups in total. The van der Waals surface area contributed by atoms with E-state index in [2.05, 4.69) is 56.2 Å². The average Bonchev–Trinajstić information content (AvgIpc) is 2.64. The van der Waals surface area contributed by atoms with E-state index in [1.807, 2.05) is 12.1 Å². The minimum absolute atomic E-state index is 0.272. The van der Waals surface area contributed by atoms with Gasteiger partial charge in [0.1, 0.15) is 0 Å². The van der Waals surface area contributed by atoms with E-state index in [-0.39, 0.29) is 6.04 Å². The van der Waals surface area contributed by atoms with Crippen LogP contribution >= 0.6 is 0 Å². The van der Waals surface area contributed by atoms with Crippen LogP contribution in [-0.4, -0.2) is 53.6 Å². The Morgan fingerprint density at radius 2 is 1.70 bits per heavy atom. The van der Waals surface area contributed by atoms with Crippen LogP contribution in [0.5, 0.6) is 0 Å². The van der Waals surface area contributed by atoms with Crippen LogP contribution in [0.1, 0.15) is 5.56 Å². The van der Waals surface area contributed by atoms with Gasteiger partial charge in [0.15, 0.2) is 0 Å². The van der Waals surface area contributed by atoms with Gasteiger partial charge in [0.2, 0.25) is 5.95 Å². The van der Waals surface area contributed by atoms with Gasteiger partial charge in [-0.15, -0.1) is 0 Å². The quantitative estimate of drug-likeness (QED) is 0.910. The monoisotopic (exact) mass is 309 g/mol. The van der Waals surface area contributed by atoms with Crippen molar-refractivity contribution >= 4 is 12.0 Å². The second-order valence-corrected chi connectivity index (χ2v) is 5.64. The van der Waals surface area contributed by atoms with Crippen LogP contribution < -0.4 is 10.6 Å². The van der Waals surface area contributed by atoms with Crippen molar-refractivity contribution in [1.29, 1.82) is 0 Å². The summed E-state index contributed by atoms with van der Waals surface area (Å²) in [4.78, 5) is 13.3. The Morgan fingerprint density at radius 1 is 1.00 bits per heavy atom. The molecule has 0 aliphatic carbocycles. The predicted molar refractivity (Wildman–Crippen MR) is 94.1 cm³/mol. The molecule has 0 amide bonds. The Bertz CT molecular complexity index is 606. The van der Waals surface area contributed by atoms with Crippen molar-refractivity contribution in [2.75, 3.05) is 37.6 Å². The Kier molecular flexibility index (Phi) is 5.34. The molecule has 5 heteroatoms. The molecule has 1 unspecified atom stereocenters. The second-order valence-electron chi connectivity index (χ2n) is 5.64. The largest absolute Gasteiger partial charge is 0.338 e. The Labute approximate surface area is 137 Å². The minimum Gasteiger partial charge on any atom is -0.338 e. The summed E-state index contributed by atoms with van der Waals surface area (Å²) in [7, 11) is 0. The van der Waals surface area contributed by atoms with Crippen LogP contribution in [0.2, 0.25) is 0 Å². The summed E-state index contributed by atoms with van der Waals surface area (Å²) in [6.07, 6.45) is 7.95. The molecular weight excluding hydrogens is 286 g/mol. The highest BCUT2D eigenvalue weighted by Gasteiger charge is 2.22. The van der Waals surface area contributed by atoms with Gasteiger partial charge in [0.25, 0.3) is 0 Å². The van der Waals surface area contributed by atoms with E-state index < -0.39 is 0 Å². The van der Waals surface area contributed by atoms with Crippen LogP contribution in [0.4, 0.5) is 5.95 Å². The molecule has 1 aromatic carbocycles. The fraction of sp³-hybridized carbons (Fsp3) is 0.333. The van der Waals surface area contributed by atoms with E-state index in [1.165, 1.54) is 5.56 Å². The first-order valence-electron chi connectivity index (χ1n) is 8.06. The van der Waals surface area contributed by atoms with Crippen molar-refractivity contribution in [3.63, 3.8) is 0 Å². The number of piperazine rings is 1. The number of hydrogen-bond acceptors (Lipinski definition) is 5. The molecular formula is C18H23N5. The topological polar surface area (TPSA) is 58.3 Å². The highest BCUT2D eigenvalue weighted by Crippen LogP contribution is 2.13. The van der Waals surface area contributed by atoms with Crippen LogP contribution in [0.15, 0.2) is 54.9 Å². The van der Waals surface area contributed by atoms with Gasteiger partial charge in [-0.3, -0.25) is 4.90 Å². The molecule has 0 bridgehead atoms. The summed E-state index contributed by atoms with van der Waals surface area (Å²) < 4.78 is 0. The zero-order valence-electron chi connectivity index (χ0n) is 13.3. The van der Waals surface area contributed by atoms with Crippen molar-refractivity contribution < 1.29 is 0 Å². The molecule has 1 aliphatic heterocycles. The Balaban J connectivity index is 1.58. The normalized spacial score (nSPS) is 17.5. The van der Waals surface area contributed by atoms with E-state index >= 15 is 0 Å². The molecule has 120 valence electrons. The Morgan fingerprint density at radius 3 is 2.35 bits per heavy atom. The van der Waals surface area contributed by atoms with Crippen molar-refractivity contribution in [3.05, 3.63) is 60.4 Å². The van der Waals surface area contributed by atoms with Crippen LogP contribution in [0.25, 0.3) is 6.08 Å². The molecule has 23 heavy (non-hydrogen) atoms. The summed E-state index contributed by atoms with van der Waals surface area (Å²) in [6.45, 7) is 4.43. The maximum atomic E-state index is 5.98. The highest BCUT2D eigenvalue weighted by atomic mass is 15.3.